The van der Waals surface area contributed by atoms with Gasteiger partial charge in [0.15, 0.2) is 11.5 Å². The summed E-state index contributed by atoms with van der Waals surface area (Å²) in [6.45, 7) is 6.69. The van der Waals surface area contributed by atoms with E-state index in [-0.39, 0.29) is 12.5 Å². The zero-order valence-electron chi connectivity index (χ0n) is 12.9. The summed E-state index contributed by atoms with van der Waals surface area (Å²) in [5.41, 5.74) is 1.15. The van der Waals surface area contributed by atoms with Gasteiger partial charge in [-0.1, -0.05) is 6.07 Å². The predicted octanol–water partition coefficient (Wildman–Crippen LogP) is 1.32. The molecule has 21 heavy (non-hydrogen) atoms. The molecule has 1 atom stereocenters. The molecule has 5 nitrogen and oxygen atoms in total. The summed E-state index contributed by atoms with van der Waals surface area (Å²) in [6, 6.07) is 5.92. The molecule has 0 aliphatic carbocycles. The van der Waals surface area contributed by atoms with Crippen LogP contribution in [0.3, 0.4) is 0 Å². The third-order valence-corrected chi connectivity index (χ3v) is 3.66. The third kappa shape index (κ3) is 4.88. The van der Waals surface area contributed by atoms with E-state index in [1.54, 1.807) is 7.11 Å². The summed E-state index contributed by atoms with van der Waals surface area (Å²) >= 11 is 0. The van der Waals surface area contributed by atoms with Gasteiger partial charge in [-0.2, -0.15) is 0 Å². The van der Waals surface area contributed by atoms with E-state index in [0.717, 1.165) is 36.7 Å². The first-order chi connectivity index (χ1) is 10.2. The van der Waals surface area contributed by atoms with Crippen molar-refractivity contribution in [2.45, 2.75) is 6.92 Å². The molecule has 1 fully saturated rings. The van der Waals surface area contributed by atoms with Gasteiger partial charge in [-0.15, -0.1) is 0 Å². The maximum absolute atomic E-state index is 9.28. The highest BCUT2D eigenvalue weighted by atomic mass is 16.5. The highest BCUT2D eigenvalue weighted by molar-refractivity contribution is 5.42. The standard InChI is InChI=1S/C16H25NO4/c1-13-3-4-15(16(9-13)19-2)21-8-6-17-5-7-20-12-14(10-17)11-18/h3-4,9,14,18H,5-8,10-12H2,1-2H3. The molecule has 0 amide bonds. The van der Waals surface area contributed by atoms with Crippen molar-refractivity contribution in [1.82, 2.24) is 4.90 Å². The maximum atomic E-state index is 9.28. The molecule has 1 aliphatic rings. The van der Waals surface area contributed by atoms with Crippen LogP contribution in [0, 0.1) is 12.8 Å². The lowest BCUT2D eigenvalue weighted by Gasteiger charge is -2.22. The fourth-order valence-electron chi connectivity index (χ4n) is 2.45. The molecule has 2 rings (SSSR count). The third-order valence-electron chi connectivity index (χ3n) is 3.66. The summed E-state index contributed by atoms with van der Waals surface area (Å²) in [4.78, 5) is 2.27. The van der Waals surface area contributed by atoms with Crippen molar-refractivity contribution < 1.29 is 19.3 Å². The Morgan fingerprint density at radius 2 is 2.24 bits per heavy atom. The Morgan fingerprint density at radius 1 is 1.38 bits per heavy atom. The fraction of sp³-hybridized carbons (Fsp3) is 0.625. The molecule has 1 N–H and O–H groups in total. The van der Waals surface area contributed by atoms with Gasteiger partial charge in [0.25, 0.3) is 0 Å². The lowest BCUT2D eigenvalue weighted by atomic mass is 10.1. The van der Waals surface area contributed by atoms with Gasteiger partial charge < -0.3 is 19.3 Å². The van der Waals surface area contributed by atoms with E-state index in [2.05, 4.69) is 4.90 Å². The van der Waals surface area contributed by atoms with Crippen molar-refractivity contribution in [3.8, 4) is 11.5 Å². The Balaban J connectivity index is 1.83. The number of hydrogen-bond donors (Lipinski definition) is 1. The first kappa shape index (κ1) is 16.1. The first-order valence-electron chi connectivity index (χ1n) is 7.41. The van der Waals surface area contributed by atoms with E-state index in [4.69, 9.17) is 14.2 Å². The smallest absolute Gasteiger partial charge is 0.161 e. The van der Waals surface area contributed by atoms with Gasteiger partial charge in [-0.05, 0) is 24.6 Å². The van der Waals surface area contributed by atoms with Crippen molar-refractivity contribution in [2.24, 2.45) is 5.92 Å². The summed E-state index contributed by atoms with van der Waals surface area (Å²) in [5, 5.41) is 9.28. The van der Waals surface area contributed by atoms with Crippen molar-refractivity contribution >= 4 is 0 Å². The van der Waals surface area contributed by atoms with E-state index >= 15 is 0 Å². The Bertz CT molecular complexity index is 438. The van der Waals surface area contributed by atoms with Gasteiger partial charge in [-0.3, -0.25) is 4.90 Å². The van der Waals surface area contributed by atoms with Crippen LogP contribution in [-0.2, 0) is 4.74 Å². The number of benzene rings is 1. The lowest BCUT2D eigenvalue weighted by molar-refractivity contribution is 0.0957. The largest absolute Gasteiger partial charge is 0.493 e. The normalized spacial score (nSPS) is 20.0. The predicted molar refractivity (Wildman–Crippen MR) is 81.1 cm³/mol. The molecular formula is C16H25NO4. The minimum atomic E-state index is 0.170. The molecule has 0 aromatic heterocycles. The molecule has 1 aliphatic heterocycles. The average molecular weight is 295 g/mol. The van der Waals surface area contributed by atoms with Gasteiger partial charge in [-0.25, -0.2) is 0 Å². The van der Waals surface area contributed by atoms with Crippen LogP contribution in [0.5, 0.6) is 11.5 Å². The van der Waals surface area contributed by atoms with Gasteiger partial charge >= 0.3 is 0 Å². The minimum Gasteiger partial charge on any atom is -0.493 e. The quantitative estimate of drug-likeness (QED) is 0.858. The van der Waals surface area contributed by atoms with Crippen LogP contribution in [-0.4, -0.2) is 63.2 Å². The van der Waals surface area contributed by atoms with Crippen LogP contribution in [0.25, 0.3) is 0 Å². The Labute approximate surface area is 126 Å². The summed E-state index contributed by atoms with van der Waals surface area (Å²) in [7, 11) is 1.65. The first-order valence-corrected chi connectivity index (χ1v) is 7.41. The van der Waals surface area contributed by atoms with Crippen LogP contribution in [0.2, 0.25) is 0 Å². The molecule has 1 aromatic rings. The molecule has 0 spiro atoms. The molecule has 1 heterocycles. The number of ether oxygens (including phenoxy) is 3. The maximum Gasteiger partial charge on any atom is 0.161 e. The number of aliphatic hydroxyl groups is 1. The Kier molecular flexibility index (Phi) is 6.29. The lowest BCUT2D eigenvalue weighted by Crippen LogP contribution is -2.34. The van der Waals surface area contributed by atoms with E-state index in [9.17, 15) is 5.11 Å². The van der Waals surface area contributed by atoms with Crippen molar-refractivity contribution in [3.63, 3.8) is 0 Å². The Morgan fingerprint density at radius 3 is 3.00 bits per heavy atom. The van der Waals surface area contributed by atoms with Gasteiger partial charge in [0, 0.05) is 32.2 Å². The summed E-state index contributed by atoms with van der Waals surface area (Å²) in [5.74, 6) is 1.73. The van der Waals surface area contributed by atoms with Crippen molar-refractivity contribution in [1.29, 1.82) is 0 Å². The zero-order valence-corrected chi connectivity index (χ0v) is 12.9. The second-order valence-corrected chi connectivity index (χ2v) is 5.43. The minimum absolute atomic E-state index is 0.170. The average Bonchev–Trinajstić information content (AvgIpc) is 2.73. The van der Waals surface area contributed by atoms with Crippen molar-refractivity contribution in [2.75, 3.05) is 53.2 Å². The molecule has 0 radical (unpaired) electrons. The fourth-order valence-corrected chi connectivity index (χ4v) is 2.45. The summed E-state index contributed by atoms with van der Waals surface area (Å²) < 4.78 is 16.6. The number of rotatable bonds is 6. The number of aryl methyl sites for hydroxylation is 1. The van der Waals surface area contributed by atoms with E-state index < -0.39 is 0 Å². The highest BCUT2D eigenvalue weighted by Gasteiger charge is 2.17. The number of methoxy groups -OCH3 is 1. The second kappa shape index (κ2) is 8.22. The van der Waals surface area contributed by atoms with Crippen LogP contribution in [0.1, 0.15) is 5.56 Å². The molecule has 118 valence electrons. The van der Waals surface area contributed by atoms with Crippen molar-refractivity contribution in [3.05, 3.63) is 23.8 Å². The molecular weight excluding hydrogens is 270 g/mol. The Hall–Kier alpha value is -1.30. The number of nitrogens with zero attached hydrogens (tertiary/aromatic N) is 1. The molecule has 5 heteroatoms. The van der Waals surface area contributed by atoms with Crippen LogP contribution >= 0.6 is 0 Å². The number of aliphatic hydroxyl groups excluding tert-OH is 1. The molecule has 1 saturated heterocycles. The molecule has 1 unspecified atom stereocenters. The number of hydrogen-bond acceptors (Lipinski definition) is 5. The molecule has 0 bridgehead atoms. The van der Waals surface area contributed by atoms with Crippen LogP contribution in [0.15, 0.2) is 18.2 Å². The summed E-state index contributed by atoms with van der Waals surface area (Å²) in [6.07, 6.45) is 0. The van der Waals surface area contributed by atoms with Gasteiger partial charge in [0.2, 0.25) is 0 Å². The molecule has 0 saturated carbocycles. The zero-order chi connectivity index (χ0) is 15.1. The van der Waals surface area contributed by atoms with E-state index in [0.29, 0.717) is 19.8 Å². The van der Waals surface area contributed by atoms with Crippen LogP contribution < -0.4 is 9.47 Å². The van der Waals surface area contributed by atoms with Gasteiger partial charge in [0.05, 0.1) is 20.3 Å². The van der Waals surface area contributed by atoms with E-state index in [1.807, 2.05) is 25.1 Å². The molecule has 1 aromatic carbocycles. The van der Waals surface area contributed by atoms with Gasteiger partial charge in [0.1, 0.15) is 6.61 Å². The SMILES string of the molecule is COc1cc(C)ccc1OCCN1CCOCC(CO)C1. The second-order valence-electron chi connectivity index (χ2n) is 5.43. The monoisotopic (exact) mass is 295 g/mol. The highest BCUT2D eigenvalue weighted by Crippen LogP contribution is 2.27. The van der Waals surface area contributed by atoms with Crippen LogP contribution in [0.4, 0.5) is 0 Å². The van der Waals surface area contributed by atoms with E-state index in [1.165, 1.54) is 0 Å². The topological polar surface area (TPSA) is 51.2 Å².